The summed E-state index contributed by atoms with van der Waals surface area (Å²) in [5.41, 5.74) is 0. The summed E-state index contributed by atoms with van der Waals surface area (Å²) >= 11 is 0. The van der Waals surface area contributed by atoms with Crippen molar-refractivity contribution >= 4 is 0 Å². The van der Waals surface area contributed by atoms with Crippen molar-refractivity contribution in [1.29, 1.82) is 0 Å². The highest BCUT2D eigenvalue weighted by Crippen LogP contribution is 2.58. The SMILES string of the molecule is CN(CCC1C2CC3CC(C2)CC1C3)C1C2CC3CC(C2)CC1C3. The van der Waals surface area contributed by atoms with E-state index in [1.165, 1.54) is 13.0 Å². The smallest absolute Gasteiger partial charge is 0.0149 e. The second-order valence-electron chi connectivity index (χ2n) is 11.3. The normalized spacial score (nSPS) is 57.2. The lowest BCUT2D eigenvalue weighted by molar-refractivity contribution is -0.0695. The van der Waals surface area contributed by atoms with Gasteiger partial charge in [0.05, 0.1) is 0 Å². The van der Waals surface area contributed by atoms with Gasteiger partial charge in [0.2, 0.25) is 0 Å². The topological polar surface area (TPSA) is 3.24 Å². The van der Waals surface area contributed by atoms with Gasteiger partial charge in [0.1, 0.15) is 0 Å². The number of hydrogen-bond donors (Lipinski definition) is 0. The van der Waals surface area contributed by atoms with Crippen LogP contribution in [0.4, 0.5) is 0 Å². The second-order valence-corrected chi connectivity index (χ2v) is 11.3. The monoisotopic (exact) mass is 327 g/mol. The van der Waals surface area contributed by atoms with E-state index in [0.717, 1.165) is 59.3 Å². The lowest BCUT2D eigenvalue weighted by atomic mass is 9.51. The van der Waals surface area contributed by atoms with E-state index in [1.807, 2.05) is 0 Å². The summed E-state index contributed by atoms with van der Waals surface area (Å²) in [5.74, 6) is 10.1. The summed E-state index contributed by atoms with van der Waals surface area (Å²) in [6.45, 7) is 1.42. The van der Waals surface area contributed by atoms with Gasteiger partial charge >= 0.3 is 0 Å². The molecule has 0 aliphatic heterocycles. The Balaban J connectivity index is 1.11. The first kappa shape index (κ1) is 15.1. The molecule has 8 aliphatic carbocycles. The quantitative estimate of drug-likeness (QED) is 0.685. The van der Waals surface area contributed by atoms with E-state index in [0.29, 0.717) is 0 Å². The molecular formula is C23H37N. The minimum Gasteiger partial charge on any atom is -0.303 e. The predicted octanol–water partition coefficient (Wildman–Crippen LogP) is 5.21. The van der Waals surface area contributed by atoms with Gasteiger partial charge in [-0.2, -0.15) is 0 Å². The Kier molecular flexibility index (Phi) is 3.44. The van der Waals surface area contributed by atoms with Crippen LogP contribution in [0.1, 0.15) is 70.6 Å². The largest absolute Gasteiger partial charge is 0.303 e. The van der Waals surface area contributed by atoms with Crippen molar-refractivity contribution in [3.8, 4) is 0 Å². The van der Waals surface area contributed by atoms with Crippen LogP contribution in [0.2, 0.25) is 0 Å². The van der Waals surface area contributed by atoms with Crippen LogP contribution in [0.5, 0.6) is 0 Å². The average molecular weight is 328 g/mol. The molecule has 0 heterocycles. The van der Waals surface area contributed by atoms with E-state index in [4.69, 9.17) is 0 Å². The van der Waals surface area contributed by atoms with Crippen LogP contribution in [0.25, 0.3) is 0 Å². The lowest BCUT2D eigenvalue weighted by Crippen LogP contribution is -2.55. The van der Waals surface area contributed by atoms with E-state index in [2.05, 4.69) is 11.9 Å². The van der Waals surface area contributed by atoms with Gasteiger partial charge < -0.3 is 4.90 Å². The number of hydrogen-bond acceptors (Lipinski definition) is 1. The fraction of sp³-hybridized carbons (Fsp3) is 1.00. The Morgan fingerprint density at radius 2 is 1.00 bits per heavy atom. The standard InChI is InChI=1S/C23H37N/c1-24(23-20-10-16-5-17(12-20)13-21(23)11-16)3-2-22-18-6-14-4-15(8-18)9-19(22)7-14/h14-23H,2-13H2,1H3. The van der Waals surface area contributed by atoms with Crippen LogP contribution in [0.15, 0.2) is 0 Å². The summed E-state index contributed by atoms with van der Waals surface area (Å²) in [6, 6.07) is 0.967. The summed E-state index contributed by atoms with van der Waals surface area (Å²) < 4.78 is 0. The molecule has 0 aromatic rings. The molecule has 8 saturated carbocycles. The molecule has 0 saturated heterocycles. The van der Waals surface area contributed by atoms with Gasteiger partial charge in [-0.1, -0.05) is 0 Å². The Bertz CT molecular complexity index is 440. The summed E-state index contributed by atoms with van der Waals surface area (Å²) in [4.78, 5) is 2.87. The van der Waals surface area contributed by atoms with E-state index in [-0.39, 0.29) is 0 Å². The van der Waals surface area contributed by atoms with Crippen LogP contribution in [0, 0.1) is 53.3 Å². The molecule has 1 heteroatoms. The third-order valence-corrected chi connectivity index (χ3v) is 9.92. The first-order valence-electron chi connectivity index (χ1n) is 11.4. The van der Waals surface area contributed by atoms with E-state index >= 15 is 0 Å². The Morgan fingerprint density at radius 3 is 1.46 bits per heavy atom. The molecule has 0 N–H and O–H groups in total. The average Bonchev–Trinajstić information content (AvgIpc) is 2.52. The first-order valence-corrected chi connectivity index (χ1v) is 11.4. The molecule has 1 nitrogen and oxygen atoms in total. The molecular weight excluding hydrogens is 290 g/mol. The van der Waals surface area contributed by atoms with Gasteiger partial charge in [-0.05, 0) is 137 Å². The molecule has 8 bridgehead atoms. The van der Waals surface area contributed by atoms with Crippen molar-refractivity contribution in [2.24, 2.45) is 53.3 Å². The Hall–Kier alpha value is -0.0400. The highest BCUT2D eigenvalue weighted by molar-refractivity contribution is 5.02. The lowest BCUT2D eigenvalue weighted by Gasteiger charge is -2.57. The third kappa shape index (κ3) is 2.29. The van der Waals surface area contributed by atoms with Crippen LogP contribution < -0.4 is 0 Å². The predicted molar refractivity (Wildman–Crippen MR) is 98.6 cm³/mol. The molecule has 0 aromatic carbocycles. The number of rotatable bonds is 4. The van der Waals surface area contributed by atoms with Crippen LogP contribution in [-0.2, 0) is 0 Å². The number of nitrogens with zero attached hydrogens (tertiary/aromatic N) is 1. The van der Waals surface area contributed by atoms with Crippen molar-refractivity contribution in [3.05, 3.63) is 0 Å². The molecule has 0 amide bonds. The van der Waals surface area contributed by atoms with Gasteiger partial charge in [-0.15, -0.1) is 0 Å². The minimum absolute atomic E-state index is 0.967. The second kappa shape index (κ2) is 5.48. The minimum atomic E-state index is 0.967. The molecule has 0 radical (unpaired) electrons. The van der Waals surface area contributed by atoms with Gasteiger partial charge in [0.25, 0.3) is 0 Å². The van der Waals surface area contributed by atoms with E-state index in [1.54, 1.807) is 64.2 Å². The summed E-state index contributed by atoms with van der Waals surface area (Å²) in [5, 5.41) is 0. The molecule has 0 atom stereocenters. The van der Waals surface area contributed by atoms with Crippen molar-refractivity contribution < 1.29 is 0 Å². The maximum atomic E-state index is 2.87. The zero-order chi connectivity index (χ0) is 15.8. The van der Waals surface area contributed by atoms with Crippen LogP contribution >= 0.6 is 0 Å². The molecule has 8 rings (SSSR count). The van der Waals surface area contributed by atoms with E-state index < -0.39 is 0 Å². The molecule has 0 spiro atoms. The van der Waals surface area contributed by atoms with Crippen molar-refractivity contribution in [2.45, 2.75) is 76.7 Å². The molecule has 134 valence electrons. The van der Waals surface area contributed by atoms with Gasteiger partial charge in [0, 0.05) is 6.04 Å². The molecule has 8 aliphatic rings. The highest BCUT2D eigenvalue weighted by atomic mass is 15.1. The zero-order valence-corrected chi connectivity index (χ0v) is 15.7. The van der Waals surface area contributed by atoms with Gasteiger partial charge in [-0.3, -0.25) is 0 Å². The maximum Gasteiger partial charge on any atom is 0.0149 e. The first-order chi connectivity index (χ1) is 11.7. The van der Waals surface area contributed by atoms with Crippen molar-refractivity contribution in [3.63, 3.8) is 0 Å². The molecule has 0 unspecified atom stereocenters. The Morgan fingerprint density at radius 1 is 0.583 bits per heavy atom. The molecule has 8 fully saturated rings. The fourth-order valence-corrected chi connectivity index (χ4v) is 9.63. The maximum absolute atomic E-state index is 2.87. The Labute approximate surface area is 148 Å². The van der Waals surface area contributed by atoms with E-state index in [9.17, 15) is 0 Å². The summed E-state index contributed by atoms with van der Waals surface area (Å²) in [7, 11) is 2.50. The van der Waals surface area contributed by atoms with Crippen molar-refractivity contribution in [1.82, 2.24) is 4.90 Å². The third-order valence-electron chi connectivity index (χ3n) is 9.92. The highest BCUT2D eigenvalue weighted by Gasteiger charge is 2.50. The van der Waals surface area contributed by atoms with Crippen LogP contribution in [0.3, 0.4) is 0 Å². The zero-order valence-electron chi connectivity index (χ0n) is 15.7. The van der Waals surface area contributed by atoms with Gasteiger partial charge in [-0.25, -0.2) is 0 Å². The van der Waals surface area contributed by atoms with Crippen LogP contribution in [-0.4, -0.2) is 24.5 Å². The summed E-state index contributed by atoms with van der Waals surface area (Å²) in [6.07, 6.45) is 17.5. The van der Waals surface area contributed by atoms with Crippen molar-refractivity contribution in [2.75, 3.05) is 13.6 Å². The molecule has 0 aromatic heterocycles. The fourth-order valence-electron chi connectivity index (χ4n) is 9.63. The van der Waals surface area contributed by atoms with Gasteiger partial charge in [0.15, 0.2) is 0 Å². The molecule has 24 heavy (non-hydrogen) atoms.